The predicted molar refractivity (Wildman–Crippen MR) is 68.0 cm³/mol. The second-order valence-electron chi connectivity index (χ2n) is 3.58. The van der Waals surface area contributed by atoms with Gasteiger partial charge in [-0.05, 0) is 5.56 Å². The molecular weight excluding hydrogens is 238 g/mol. The molecule has 1 aromatic heterocycles. The van der Waals surface area contributed by atoms with E-state index in [0.29, 0.717) is 5.82 Å². The lowest BCUT2D eigenvalue weighted by atomic mass is 10.1. The van der Waals surface area contributed by atoms with Crippen LogP contribution < -0.4 is 5.32 Å². The zero-order valence-corrected chi connectivity index (χ0v) is 10.1. The summed E-state index contributed by atoms with van der Waals surface area (Å²) in [5, 5.41) is 6.88. The lowest BCUT2D eigenvalue weighted by molar-refractivity contribution is -0.114. The van der Waals surface area contributed by atoms with E-state index in [4.69, 9.17) is 11.6 Å². The van der Waals surface area contributed by atoms with Gasteiger partial charge in [-0.3, -0.25) is 9.48 Å². The number of hydrogen-bond acceptors (Lipinski definition) is 2. The molecule has 0 aliphatic carbocycles. The van der Waals surface area contributed by atoms with E-state index in [1.807, 2.05) is 30.3 Å². The normalized spacial score (nSPS) is 10.2. The lowest BCUT2D eigenvalue weighted by Crippen LogP contribution is -2.15. The summed E-state index contributed by atoms with van der Waals surface area (Å²) in [7, 11) is 1.77. The number of nitrogens with one attached hydrogen (secondary N) is 1. The summed E-state index contributed by atoms with van der Waals surface area (Å²) in [4.78, 5) is 11.3. The molecule has 0 atom stereocenters. The Hall–Kier alpha value is -1.81. The Morgan fingerprint density at radius 3 is 2.76 bits per heavy atom. The Labute approximate surface area is 104 Å². The van der Waals surface area contributed by atoms with Crippen molar-refractivity contribution in [3.8, 4) is 11.1 Å². The number of carbonyl (C=O) groups excluding carboxylic acids is 1. The van der Waals surface area contributed by atoms with Gasteiger partial charge in [0.05, 0.1) is 6.20 Å². The molecule has 0 fully saturated rings. The van der Waals surface area contributed by atoms with Crippen molar-refractivity contribution in [3.63, 3.8) is 0 Å². The van der Waals surface area contributed by atoms with Crippen molar-refractivity contribution in [1.29, 1.82) is 0 Å². The number of carbonyl (C=O) groups is 1. The average Bonchev–Trinajstić information content (AvgIpc) is 2.72. The van der Waals surface area contributed by atoms with Crippen molar-refractivity contribution < 1.29 is 4.79 Å². The molecule has 0 bridgehead atoms. The van der Waals surface area contributed by atoms with Gasteiger partial charge in [0, 0.05) is 12.6 Å². The first kappa shape index (κ1) is 11.7. The molecular formula is C12H12ClN3O. The number of rotatable bonds is 3. The van der Waals surface area contributed by atoms with Gasteiger partial charge >= 0.3 is 0 Å². The second-order valence-corrected chi connectivity index (χ2v) is 3.85. The standard InChI is InChI=1S/C12H12ClN3O/c1-16-12(15-11(17)7-13)10(8-14-16)9-5-3-2-4-6-9/h2-6,8H,7H2,1H3,(H,15,17). The zero-order valence-electron chi connectivity index (χ0n) is 9.35. The fourth-order valence-corrected chi connectivity index (χ4v) is 1.65. The lowest BCUT2D eigenvalue weighted by Gasteiger charge is -2.07. The third kappa shape index (κ3) is 2.47. The Bertz CT molecular complexity index is 522. The van der Waals surface area contributed by atoms with Crippen LogP contribution in [0.25, 0.3) is 11.1 Å². The van der Waals surface area contributed by atoms with E-state index in [9.17, 15) is 4.79 Å². The summed E-state index contributed by atoms with van der Waals surface area (Å²) in [6.07, 6.45) is 1.72. The summed E-state index contributed by atoms with van der Waals surface area (Å²) in [6.45, 7) is 0. The molecule has 0 aliphatic rings. The van der Waals surface area contributed by atoms with Crippen LogP contribution in [0.1, 0.15) is 0 Å². The van der Waals surface area contributed by atoms with Gasteiger partial charge in [-0.1, -0.05) is 30.3 Å². The largest absolute Gasteiger partial charge is 0.309 e. The first-order valence-electron chi connectivity index (χ1n) is 5.15. The number of benzene rings is 1. The minimum Gasteiger partial charge on any atom is -0.309 e. The van der Waals surface area contributed by atoms with Crippen molar-refractivity contribution in [2.24, 2.45) is 7.05 Å². The van der Waals surface area contributed by atoms with Crippen LogP contribution >= 0.6 is 11.6 Å². The molecule has 5 heteroatoms. The minimum absolute atomic E-state index is 0.0700. The molecule has 2 aromatic rings. The molecule has 2 rings (SSSR count). The molecule has 1 amide bonds. The van der Waals surface area contributed by atoms with Gasteiger partial charge in [0.2, 0.25) is 5.91 Å². The summed E-state index contributed by atoms with van der Waals surface area (Å²) < 4.78 is 1.62. The van der Waals surface area contributed by atoms with Crippen molar-refractivity contribution in [3.05, 3.63) is 36.5 Å². The third-order valence-electron chi connectivity index (χ3n) is 2.40. The molecule has 0 aliphatic heterocycles. The van der Waals surface area contributed by atoms with E-state index in [2.05, 4.69) is 10.4 Å². The van der Waals surface area contributed by atoms with Crippen molar-refractivity contribution in [1.82, 2.24) is 9.78 Å². The fraction of sp³-hybridized carbons (Fsp3) is 0.167. The first-order valence-corrected chi connectivity index (χ1v) is 5.69. The SMILES string of the molecule is Cn1ncc(-c2ccccc2)c1NC(=O)CCl. The van der Waals surface area contributed by atoms with Crippen LogP contribution in [0.2, 0.25) is 0 Å². The van der Waals surface area contributed by atoms with E-state index in [1.165, 1.54) is 0 Å². The van der Waals surface area contributed by atoms with Gasteiger partial charge in [0.15, 0.2) is 0 Å². The van der Waals surface area contributed by atoms with Crippen LogP contribution in [0.3, 0.4) is 0 Å². The topological polar surface area (TPSA) is 46.9 Å². The van der Waals surface area contributed by atoms with Crippen LogP contribution in [-0.2, 0) is 11.8 Å². The van der Waals surface area contributed by atoms with Crippen LogP contribution in [0.15, 0.2) is 36.5 Å². The molecule has 0 radical (unpaired) electrons. The minimum atomic E-state index is -0.243. The summed E-state index contributed by atoms with van der Waals surface area (Å²) >= 11 is 5.48. The quantitative estimate of drug-likeness (QED) is 0.849. The van der Waals surface area contributed by atoms with E-state index in [-0.39, 0.29) is 11.8 Å². The number of aryl methyl sites for hydroxylation is 1. The van der Waals surface area contributed by atoms with Gasteiger partial charge in [-0.2, -0.15) is 5.10 Å². The molecule has 1 aromatic carbocycles. The molecule has 0 unspecified atom stereocenters. The van der Waals surface area contributed by atoms with Gasteiger partial charge in [0.1, 0.15) is 11.7 Å². The average molecular weight is 250 g/mol. The van der Waals surface area contributed by atoms with Crippen molar-refractivity contribution in [2.45, 2.75) is 0 Å². The van der Waals surface area contributed by atoms with Crippen LogP contribution in [0, 0.1) is 0 Å². The maximum atomic E-state index is 11.3. The van der Waals surface area contributed by atoms with Crippen molar-refractivity contribution in [2.75, 3.05) is 11.2 Å². The van der Waals surface area contributed by atoms with Crippen molar-refractivity contribution >= 4 is 23.3 Å². The Morgan fingerprint density at radius 2 is 2.12 bits per heavy atom. The van der Waals surface area contributed by atoms with E-state index in [1.54, 1.807) is 17.9 Å². The number of alkyl halides is 1. The molecule has 0 saturated heterocycles. The van der Waals surface area contributed by atoms with Gasteiger partial charge in [-0.15, -0.1) is 11.6 Å². The molecule has 0 saturated carbocycles. The van der Waals surface area contributed by atoms with Crippen LogP contribution in [0.4, 0.5) is 5.82 Å². The maximum Gasteiger partial charge on any atom is 0.240 e. The van der Waals surface area contributed by atoms with Gasteiger partial charge in [-0.25, -0.2) is 0 Å². The Kier molecular flexibility index (Phi) is 3.44. The number of amides is 1. The molecule has 1 heterocycles. The van der Waals surface area contributed by atoms with Gasteiger partial charge < -0.3 is 5.32 Å². The zero-order chi connectivity index (χ0) is 12.3. The van der Waals surface area contributed by atoms with Crippen LogP contribution in [0.5, 0.6) is 0 Å². The number of aromatic nitrogens is 2. The summed E-state index contributed by atoms with van der Waals surface area (Å²) in [5.74, 6) is 0.341. The van der Waals surface area contributed by atoms with E-state index in [0.717, 1.165) is 11.1 Å². The molecule has 1 N–H and O–H groups in total. The summed E-state index contributed by atoms with van der Waals surface area (Å²) in [5.41, 5.74) is 1.89. The number of anilines is 1. The number of nitrogens with zero attached hydrogens (tertiary/aromatic N) is 2. The molecule has 17 heavy (non-hydrogen) atoms. The van der Waals surface area contributed by atoms with E-state index < -0.39 is 0 Å². The molecule has 88 valence electrons. The maximum absolute atomic E-state index is 11.3. The highest BCUT2D eigenvalue weighted by Gasteiger charge is 2.12. The molecule has 0 spiro atoms. The van der Waals surface area contributed by atoms with Gasteiger partial charge in [0.25, 0.3) is 0 Å². The fourth-order valence-electron chi connectivity index (χ4n) is 1.58. The highest BCUT2D eigenvalue weighted by molar-refractivity contribution is 6.29. The van der Waals surface area contributed by atoms with Crippen LogP contribution in [-0.4, -0.2) is 21.6 Å². The van der Waals surface area contributed by atoms with E-state index >= 15 is 0 Å². The smallest absolute Gasteiger partial charge is 0.240 e. The molecule has 4 nitrogen and oxygen atoms in total. The monoisotopic (exact) mass is 249 g/mol. The Balaban J connectivity index is 2.39. The highest BCUT2D eigenvalue weighted by atomic mass is 35.5. The second kappa shape index (κ2) is 5.01. The number of halogens is 1. The Morgan fingerprint density at radius 1 is 1.41 bits per heavy atom. The summed E-state index contributed by atoms with van der Waals surface area (Å²) in [6, 6.07) is 9.75. The first-order chi connectivity index (χ1) is 8.22. The third-order valence-corrected chi connectivity index (χ3v) is 2.65. The predicted octanol–water partition coefficient (Wildman–Crippen LogP) is 2.26. The number of hydrogen-bond donors (Lipinski definition) is 1. The highest BCUT2D eigenvalue weighted by Crippen LogP contribution is 2.26.